The van der Waals surface area contributed by atoms with E-state index in [-0.39, 0.29) is 17.1 Å². The second-order valence-electron chi connectivity index (χ2n) is 4.11. The van der Waals surface area contributed by atoms with Crippen LogP contribution < -0.4 is 5.43 Å². The molecule has 7 heteroatoms. The average molecular weight is 307 g/mol. The lowest BCUT2D eigenvalue weighted by molar-refractivity contribution is 0.0954. The number of amides is 1. The number of carbonyl (C=O) groups is 1. The molecule has 0 saturated heterocycles. The zero-order chi connectivity index (χ0) is 15.4. The van der Waals surface area contributed by atoms with Crippen molar-refractivity contribution >= 4 is 23.7 Å². The highest BCUT2D eigenvalue weighted by atomic mass is 35.5. The van der Waals surface area contributed by atoms with E-state index in [2.05, 4.69) is 10.5 Å². The standard InChI is InChI=1S/C14H11ClN2O4/c15-10-2-4-11(18)9(5-10)7-16-17-14(21)8-1-3-12(19)13(20)6-8/h1-7,18-20H,(H,17,21). The highest BCUT2D eigenvalue weighted by Crippen LogP contribution is 2.24. The summed E-state index contributed by atoms with van der Waals surface area (Å²) in [4.78, 5) is 11.7. The Kier molecular flexibility index (Phi) is 4.30. The fourth-order valence-electron chi connectivity index (χ4n) is 1.52. The minimum absolute atomic E-state index is 0.0281. The Balaban J connectivity index is 2.08. The van der Waals surface area contributed by atoms with Crippen LogP contribution in [0.5, 0.6) is 17.2 Å². The van der Waals surface area contributed by atoms with Gasteiger partial charge in [0.15, 0.2) is 11.5 Å². The number of hydrogen-bond donors (Lipinski definition) is 4. The summed E-state index contributed by atoms with van der Waals surface area (Å²) in [6.07, 6.45) is 1.24. The molecule has 2 aromatic rings. The summed E-state index contributed by atoms with van der Waals surface area (Å²) in [6, 6.07) is 8.04. The van der Waals surface area contributed by atoms with Gasteiger partial charge in [-0.2, -0.15) is 5.10 Å². The molecule has 4 N–H and O–H groups in total. The highest BCUT2D eigenvalue weighted by molar-refractivity contribution is 6.30. The first-order valence-electron chi connectivity index (χ1n) is 5.81. The molecule has 2 aromatic carbocycles. The maximum atomic E-state index is 11.7. The quantitative estimate of drug-likeness (QED) is 0.396. The molecular weight excluding hydrogens is 296 g/mol. The first kappa shape index (κ1) is 14.7. The molecule has 0 atom stereocenters. The molecule has 0 bridgehead atoms. The topological polar surface area (TPSA) is 102 Å². The monoisotopic (exact) mass is 306 g/mol. The van der Waals surface area contributed by atoms with Gasteiger partial charge >= 0.3 is 0 Å². The predicted molar refractivity (Wildman–Crippen MR) is 77.9 cm³/mol. The van der Waals surface area contributed by atoms with Crippen molar-refractivity contribution in [1.82, 2.24) is 5.43 Å². The molecule has 1 amide bonds. The molecule has 0 aliphatic rings. The molecule has 0 unspecified atom stereocenters. The van der Waals surface area contributed by atoms with Crippen molar-refractivity contribution < 1.29 is 20.1 Å². The molecule has 0 aromatic heterocycles. The summed E-state index contributed by atoms with van der Waals surface area (Å²) in [7, 11) is 0. The predicted octanol–water partition coefficient (Wildman–Crippen LogP) is 2.22. The lowest BCUT2D eigenvalue weighted by Gasteiger charge is -2.02. The number of aromatic hydroxyl groups is 3. The molecule has 0 aliphatic heterocycles. The van der Waals surface area contributed by atoms with E-state index in [9.17, 15) is 15.0 Å². The van der Waals surface area contributed by atoms with E-state index in [1.54, 1.807) is 0 Å². The van der Waals surface area contributed by atoms with Gasteiger partial charge in [0.1, 0.15) is 5.75 Å². The van der Waals surface area contributed by atoms with Crippen molar-refractivity contribution in [1.29, 1.82) is 0 Å². The van der Waals surface area contributed by atoms with Gasteiger partial charge in [0.05, 0.1) is 6.21 Å². The smallest absolute Gasteiger partial charge is 0.271 e. The van der Waals surface area contributed by atoms with Crippen LogP contribution in [0.4, 0.5) is 0 Å². The second-order valence-corrected chi connectivity index (χ2v) is 4.54. The van der Waals surface area contributed by atoms with Gasteiger partial charge in [0, 0.05) is 16.1 Å². The van der Waals surface area contributed by atoms with Gasteiger partial charge in [-0.3, -0.25) is 4.79 Å². The van der Waals surface area contributed by atoms with E-state index >= 15 is 0 Å². The Bertz CT molecular complexity index is 716. The zero-order valence-corrected chi connectivity index (χ0v) is 11.4. The van der Waals surface area contributed by atoms with Crippen LogP contribution in [0.15, 0.2) is 41.5 Å². The first-order chi connectivity index (χ1) is 9.97. The first-order valence-corrected chi connectivity index (χ1v) is 6.19. The highest BCUT2D eigenvalue weighted by Gasteiger charge is 2.07. The molecule has 0 radical (unpaired) electrons. The van der Waals surface area contributed by atoms with E-state index in [4.69, 9.17) is 16.7 Å². The van der Waals surface area contributed by atoms with Crippen molar-refractivity contribution in [2.45, 2.75) is 0 Å². The van der Waals surface area contributed by atoms with Crippen LogP contribution in [0.25, 0.3) is 0 Å². The Morgan fingerprint density at radius 3 is 2.48 bits per heavy atom. The van der Waals surface area contributed by atoms with Gasteiger partial charge in [-0.05, 0) is 36.4 Å². The number of rotatable bonds is 3. The number of halogens is 1. The van der Waals surface area contributed by atoms with Gasteiger partial charge in [-0.1, -0.05) is 11.6 Å². The normalized spacial score (nSPS) is 10.7. The molecule has 0 spiro atoms. The van der Waals surface area contributed by atoms with Crippen LogP contribution in [0.3, 0.4) is 0 Å². The maximum absolute atomic E-state index is 11.7. The Morgan fingerprint density at radius 1 is 1.05 bits per heavy atom. The average Bonchev–Trinajstić information content (AvgIpc) is 2.45. The number of phenols is 3. The summed E-state index contributed by atoms with van der Waals surface area (Å²) in [6.45, 7) is 0. The minimum atomic E-state index is -0.580. The van der Waals surface area contributed by atoms with Gasteiger partial charge < -0.3 is 15.3 Å². The summed E-state index contributed by atoms with van der Waals surface area (Å²) < 4.78 is 0. The molecule has 0 aliphatic carbocycles. The van der Waals surface area contributed by atoms with E-state index < -0.39 is 11.7 Å². The van der Waals surface area contributed by atoms with Gasteiger partial charge in [-0.25, -0.2) is 5.43 Å². The summed E-state index contributed by atoms with van der Waals surface area (Å²) in [5.74, 6) is -1.33. The van der Waals surface area contributed by atoms with Crippen LogP contribution in [0.1, 0.15) is 15.9 Å². The number of nitrogens with zero attached hydrogens (tertiary/aromatic N) is 1. The number of hydrogen-bond acceptors (Lipinski definition) is 5. The lowest BCUT2D eigenvalue weighted by Crippen LogP contribution is -2.17. The van der Waals surface area contributed by atoms with Crippen molar-refractivity contribution in [2.75, 3.05) is 0 Å². The van der Waals surface area contributed by atoms with Gasteiger partial charge in [0.2, 0.25) is 0 Å². The number of benzene rings is 2. The summed E-state index contributed by atoms with van der Waals surface area (Å²) in [5.41, 5.74) is 2.69. The molecule has 0 heterocycles. The van der Waals surface area contributed by atoms with E-state index in [0.717, 1.165) is 6.07 Å². The molecule has 21 heavy (non-hydrogen) atoms. The molecule has 108 valence electrons. The number of phenolic OH excluding ortho intramolecular Hbond substituents is 3. The largest absolute Gasteiger partial charge is 0.507 e. The Labute approximate surface area is 124 Å². The third-order valence-corrected chi connectivity index (χ3v) is 2.83. The van der Waals surface area contributed by atoms with Crippen molar-refractivity contribution in [2.24, 2.45) is 5.10 Å². The Morgan fingerprint density at radius 2 is 1.76 bits per heavy atom. The molecule has 6 nitrogen and oxygen atoms in total. The van der Waals surface area contributed by atoms with Crippen LogP contribution in [-0.4, -0.2) is 27.4 Å². The number of carbonyl (C=O) groups excluding carboxylic acids is 1. The lowest BCUT2D eigenvalue weighted by atomic mass is 10.2. The maximum Gasteiger partial charge on any atom is 0.271 e. The number of nitrogens with one attached hydrogen (secondary N) is 1. The van der Waals surface area contributed by atoms with Crippen LogP contribution in [-0.2, 0) is 0 Å². The van der Waals surface area contributed by atoms with Crippen LogP contribution in [0, 0.1) is 0 Å². The SMILES string of the molecule is O=C(NN=Cc1cc(Cl)ccc1O)c1ccc(O)c(O)c1. The molecule has 0 saturated carbocycles. The summed E-state index contributed by atoms with van der Waals surface area (Å²) in [5, 5.41) is 32.1. The third kappa shape index (κ3) is 3.64. The minimum Gasteiger partial charge on any atom is -0.507 e. The zero-order valence-electron chi connectivity index (χ0n) is 10.6. The molecule has 0 fully saturated rings. The third-order valence-electron chi connectivity index (χ3n) is 2.60. The fraction of sp³-hybridized carbons (Fsp3) is 0. The number of hydrazone groups is 1. The van der Waals surface area contributed by atoms with Gasteiger partial charge in [-0.15, -0.1) is 0 Å². The van der Waals surface area contributed by atoms with E-state index in [1.807, 2.05) is 0 Å². The van der Waals surface area contributed by atoms with Crippen LogP contribution >= 0.6 is 11.6 Å². The fourth-order valence-corrected chi connectivity index (χ4v) is 1.70. The summed E-state index contributed by atoms with van der Waals surface area (Å²) >= 11 is 5.77. The van der Waals surface area contributed by atoms with Crippen molar-refractivity contribution in [3.05, 3.63) is 52.5 Å². The van der Waals surface area contributed by atoms with Crippen molar-refractivity contribution in [3.8, 4) is 17.2 Å². The van der Waals surface area contributed by atoms with E-state index in [0.29, 0.717) is 10.6 Å². The van der Waals surface area contributed by atoms with Crippen LogP contribution in [0.2, 0.25) is 5.02 Å². The molecular formula is C14H11ClN2O4. The van der Waals surface area contributed by atoms with E-state index in [1.165, 1.54) is 36.5 Å². The Hall–Kier alpha value is -2.73. The molecule has 2 rings (SSSR count). The second kappa shape index (κ2) is 6.15. The van der Waals surface area contributed by atoms with Gasteiger partial charge in [0.25, 0.3) is 5.91 Å². The van der Waals surface area contributed by atoms with Crippen molar-refractivity contribution in [3.63, 3.8) is 0 Å².